The van der Waals surface area contributed by atoms with Crippen molar-refractivity contribution in [3.05, 3.63) is 0 Å². The molecule has 4 N–H and O–H groups in total. The van der Waals surface area contributed by atoms with E-state index in [9.17, 15) is 9.90 Å². The summed E-state index contributed by atoms with van der Waals surface area (Å²) < 4.78 is 0. The van der Waals surface area contributed by atoms with Crippen LogP contribution in [0, 0.1) is 0 Å². The predicted molar refractivity (Wildman–Crippen MR) is 49.3 cm³/mol. The molecule has 0 radical (unpaired) electrons. The summed E-state index contributed by atoms with van der Waals surface area (Å²) in [5.41, 5.74) is 5.24. The maximum absolute atomic E-state index is 10.3. The molecule has 2 atom stereocenters. The number of hydrogen-bond acceptors (Lipinski definition) is 3. The van der Waals surface area contributed by atoms with Crippen LogP contribution < -0.4 is 5.73 Å². The van der Waals surface area contributed by atoms with Crippen LogP contribution in [0.5, 0.6) is 0 Å². The molecule has 2 unspecified atom stereocenters. The largest absolute Gasteiger partial charge is 0.480 e. The van der Waals surface area contributed by atoms with Crippen LogP contribution in [0.15, 0.2) is 0 Å². The normalized spacial score (nSPS) is 15.6. The number of carboxylic acids is 1. The molecule has 0 aromatic heterocycles. The van der Waals surface area contributed by atoms with Crippen LogP contribution in [-0.4, -0.2) is 33.7 Å². The van der Waals surface area contributed by atoms with Gasteiger partial charge in [0.25, 0.3) is 0 Å². The Labute approximate surface area is 79.9 Å². The molecule has 0 aliphatic heterocycles. The monoisotopic (exact) mass is 239 g/mol. The zero-order valence-corrected chi connectivity index (χ0v) is 8.33. The van der Waals surface area contributed by atoms with Gasteiger partial charge in [-0.1, -0.05) is 15.9 Å². The van der Waals surface area contributed by atoms with Crippen LogP contribution >= 0.6 is 15.9 Å². The smallest absolute Gasteiger partial charge is 0.320 e. The fraction of sp³-hybridized carbons (Fsp3) is 0.857. The molecule has 0 bridgehead atoms. The summed E-state index contributed by atoms with van der Waals surface area (Å²) in [5.74, 6) is -1.01. The van der Waals surface area contributed by atoms with Gasteiger partial charge in [0, 0.05) is 5.33 Å². The van der Waals surface area contributed by atoms with E-state index in [4.69, 9.17) is 10.8 Å². The molecule has 0 heterocycles. The maximum Gasteiger partial charge on any atom is 0.320 e. The number of carbonyl (C=O) groups is 1. The zero-order chi connectivity index (χ0) is 9.56. The van der Waals surface area contributed by atoms with E-state index in [-0.39, 0.29) is 0 Å². The van der Waals surface area contributed by atoms with Crippen molar-refractivity contribution in [3.8, 4) is 0 Å². The Kier molecular flexibility index (Phi) is 6.32. The van der Waals surface area contributed by atoms with Gasteiger partial charge in [0.05, 0.1) is 6.10 Å². The molecule has 4 nitrogen and oxygen atoms in total. The lowest BCUT2D eigenvalue weighted by Crippen LogP contribution is -2.31. The number of alkyl halides is 1. The second-order valence-electron chi connectivity index (χ2n) is 2.65. The van der Waals surface area contributed by atoms with Crippen molar-refractivity contribution < 1.29 is 15.0 Å². The van der Waals surface area contributed by atoms with Crippen molar-refractivity contribution in [1.82, 2.24) is 0 Å². The molecular weight excluding hydrogens is 226 g/mol. The van der Waals surface area contributed by atoms with Crippen molar-refractivity contribution in [2.24, 2.45) is 5.73 Å². The third-order valence-corrected chi connectivity index (χ3v) is 2.03. The number of halogens is 1. The highest BCUT2D eigenvalue weighted by molar-refractivity contribution is 9.09. The summed E-state index contributed by atoms with van der Waals surface area (Å²) in [7, 11) is 0. The minimum Gasteiger partial charge on any atom is -0.480 e. The quantitative estimate of drug-likeness (QED) is 0.584. The van der Waals surface area contributed by atoms with Crippen LogP contribution in [0.1, 0.15) is 19.3 Å². The van der Waals surface area contributed by atoms with Gasteiger partial charge in [-0.3, -0.25) is 4.79 Å². The summed E-state index contributed by atoms with van der Waals surface area (Å²) in [4.78, 5) is 10.3. The van der Waals surface area contributed by atoms with Gasteiger partial charge in [0.1, 0.15) is 6.04 Å². The van der Waals surface area contributed by atoms with Crippen LogP contribution in [-0.2, 0) is 4.79 Å². The lowest BCUT2D eigenvalue weighted by Gasteiger charge is -2.10. The first kappa shape index (κ1) is 11.9. The molecule has 0 aliphatic carbocycles. The van der Waals surface area contributed by atoms with Crippen molar-refractivity contribution in [1.29, 1.82) is 0 Å². The van der Waals surface area contributed by atoms with Crippen LogP contribution in [0.4, 0.5) is 0 Å². The maximum atomic E-state index is 10.3. The van der Waals surface area contributed by atoms with Crippen LogP contribution in [0.3, 0.4) is 0 Å². The molecule has 5 heteroatoms. The van der Waals surface area contributed by atoms with Gasteiger partial charge in [-0.25, -0.2) is 0 Å². The lowest BCUT2D eigenvalue weighted by molar-refractivity contribution is -0.138. The van der Waals surface area contributed by atoms with Crippen molar-refractivity contribution in [3.63, 3.8) is 0 Å². The van der Waals surface area contributed by atoms with Gasteiger partial charge in [-0.15, -0.1) is 0 Å². The second kappa shape index (κ2) is 6.39. The minimum atomic E-state index is -1.01. The molecule has 0 rings (SSSR count). The number of carboxylic acid groups (broad SMARTS) is 1. The Morgan fingerprint density at radius 1 is 1.42 bits per heavy atom. The highest BCUT2D eigenvalue weighted by atomic mass is 79.9. The van der Waals surface area contributed by atoms with Gasteiger partial charge in [0.2, 0.25) is 0 Å². The Bertz CT molecular complexity index is 143. The summed E-state index contributed by atoms with van der Waals surface area (Å²) in [6, 6.07) is -0.852. The molecule has 0 saturated heterocycles. The summed E-state index contributed by atoms with van der Waals surface area (Å²) in [5, 5.41) is 18.3. The van der Waals surface area contributed by atoms with Crippen molar-refractivity contribution in [2.45, 2.75) is 31.4 Å². The van der Waals surface area contributed by atoms with E-state index in [1.165, 1.54) is 0 Å². The summed E-state index contributed by atoms with van der Waals surface area (Å²) in [6.45, 7) is 0. The first-order chi connectivity index (χ1) is 5.57. The summed E-state index contributed by atoms with van der Waals surface area (Å²) in [6.07, 6.45) is 0.948. The lowest BCUT2D eigenvalue weighted by atomic mass is 10.1. The standard InChI is InChI=1S/C7H14BrNO3/c8-4-3-5(10)1-2-6(9)7(11)12/h5-6,10H,1-4,9H2,(H,11,12). The number of aliphatic hydroxyl groups is 1. The van der Waals surface area contributed by atoms with Gasteiger partial charge in [0.15, 0.2) is 0 Å². The first-order valence-corrected chi connectivity index (χ1v) is 4.92. The minimum absolute atomic E-state index is 0.323. The molecule has 0 spiro atoms. The third-order valence-electron chi connectivity index (χ3n) is 1.57. The SMILES string of the molecule is NC(CCC(O)CCBr)C(=O)O. The van der Waals surface area contributed by atoms with E-state index in [1.54, 1.807) is 0 Å². The number of aliphatic hydroxyl groups excluding tert-OH is 1. The molecular formula is C7H14BrNO3. The van der Waals surface area contributed by atoms with Crippen molar-refractivity contribution >= 4 is 21.9 Å². The Morgan fingerprint density at radius 2 is 2.00 bits per heavy atom. The molecule has 0 aromatic carbocycles. The highest BCUT2D eigenvalue weighted by Crippen LogP contribution is 2.05. The van der Waals surface area contributed by atoms with E-state index in [0.717, 1.165) is 5.33 Å². The fourth-order valence-corrected chi connectivity index (χ4v) is 1.29. The molecule has 0 amide bonds. The molecule has 72 valence electrons. The van der Waals surface area contributed by atoms with Gasteiger partial charge >= 0.3 is 5.97 Å². The molecule has 12 heavy (non-hydrogen) atoms. The first-order valence-electron chi connectivity index (χ1n) is 3.80. The van der Waals surface area contributed by atoms with E-state index >= 15 is 0 Å². The average Bonchev–Trinajstić information content (AvgIpc) is 2.00. The predicted octanol–water partition coefficient (Wildman–Crippen LogP) is 0.324. The van der Waals surface area contributed by atoms with E-state index in [2.05, 4.69) is 15.9 Å². The van der Waals surface area contributed by atoms with Crippen LogP contribution in [0.25, 0.3) is 0 Å². The van der Waals surface area contributed by atoms with Crippen LogP contribution in [0.2, 0.25) is 0 Å². The van der Waals surface area contributed by atoms with Gasteiger partial charge in [-0.2, -0.15) is 0 Å². The molecule has 0 saturated carbocycles. The fourth-order valence-electron chi connectivity index (χ4n) is 0.766. The third kappa shape index (κ3) is 5.51. The topological polar surface area (TPSA) is 83.5 Å². The summed E-state index contributed by atoms with van der Waals surface area (Å²) >= 11 is 3.18. The van der Waals surface area contributed by atoms with E-state index in [0.29, 0.717) is 19.3 Å². The second-order valence-corrected chi connectivity index (χ2v) is 3.45. The molecule has 0 aliphatic rings. The number of rotatable bonds is 6. The average molecular weight is 240 g/mol. The Morgan fingerprint density at radius 3 is 2.42 bits per heavy atom. The zero-order valence-electron chi connectivity index (χ0n) is 6.74. The molecule has 0 fully saturated rings. The van der Waals surface area contributed by atoms with Gasteiger partial charge < -0.3 is 15.9 Å². The number of hydrogen-bond donors (Lipinski definition) is 3. The number of nitrogens with two attached hydrogens (primary N) is 1. The highest BCUT2D eigenvalue weighted by Gasteiger charge is 2.13. The Balaban J connectivity index is 3.46. The Hall–Kier alpha value is -0.130. The van der Waals surface area contributed by atoms with E-state index < -0.39 is 18.1 Å². The van der Waals surface area contributed by atoms with Crippen molar-refractivity contribution in [2.75, 3.05) is 5.33 Å². The number of aliphatic carboxylic acids is 1. The molecule has 0 aromatic rings. The van der Waals surface area contributed by atoms with E-state index in [1.807, 2.05) is 0 Å². The van der Waals surface area contributed by atoms with Gasteiger partial charge in [-0.05, 0) is 19.3 Å².